The SMILES string of the molecule is NC1(c2ccc(OCCN3CCCCC3)cc2)N=CN(c2ccccc2F)N1. The van der Waals surface area contributed by atoms with Gasteiger partial charge in [-0.25, -0.2) is 9.38 Å². The molecule has 6 nitrogen and oxygen atoms in total. The van der Waals surface area contributed by atoms with Crippen LogP contribution in [0.25, 0.3) is 0 Å². The van der Waals surface area contributed by atoms with E-state index in [0.717, 1.165) is 17.9 Å². The fourth-order valence-electron chi connectivity index (χ4n) is 3.58. The predicted octanol–water partition coefficient (Wildman–Crippen LogP) is 2.81. The molecule has 2 heterocycles. The van der Waals surface area contributed by atoms with Gasteiger partial charge in [0.2, 0.25) is 5.79 Å². The van der Waals surface area contributed by atoms with Crippen LogP contribution in [0.15, 0.2) is 53.5 Å². The monoisotopic (exact) mass is 383 g/mol. The molecule has 28 heavy (non-hydrogen) atoms. The lowest BCUT2D eigenvalue weighted by Gasteiger charge is -2.27. The lowest BCUT2D eigenvalue weighted by atomic mass is 10.1. The third kappa shape index (κ3) is 4.16. The zero-order chi connectivity index (χ0) is 19.4. The molecule has 2 aliphatic heterocycles. The van der Waals surface area contributed by atoms with Gasteiger partial charge in [-0.1, -0.05) is 30.7 Å². The summed E-state index contributed by atoms with van der Waals surface area (Å²) >= 11 is 0. The van der Waals surface area contributed by atoms with Crippen molar-refractivity contribution in [2.45, 2.75) is 25.0 Å². The van der Waals surface area contributed by atoms with Crippen LogP contribution in [0.1, 0.15) is 24.8 Å². The molecular weight excluding hydrogens is 357 g/mol. The average Bonchev–Trinajstić information content (AvgIpc) is 3.13. The summed E-state index contributed by atoms with van der Waals surface area (Å²) in [6, 6.07) is 14.0. The molecule has 1 saturated heterocycles. The standard InChI is InChI=1S/C21H26FN5O/c22-19-6-2-3-7-20(19)27-16-24-21(23,25-27)17-8-10-18(11-9-17)28-15-14-26-12-4-1-5-13-26/h2-3,6-11,16,25H,1,4-5,12-15,23H2. The highest BCUT2D eigenvalue weighted by molar-refractivity contribution is 5.80. The number of hydrogen-bond acceptors (Lipinski definition) is 6. The van der Waals surface area contributed by atoms with Gasteiger partial charge in [0.1, 0.15) is 24.5 Å². The van der Waals surface area contributed by atoms with Gasteiger partial charge in [-0.15, -0.1) is 0 Å². The van der Waals surface area contributed by atoms with E-state index in [1.807, 2.05) is 24.3 Å². The first-order valence-electron chi connectivity index (χ1n) is 9.76. The van der Waals surface area contributed by atoms with E-state index in [0.29, 0.717) is 12.3 Å². The Hall–Kier alpha value is -2.48. The number of para-hydroxylation sites is 1. The van der Waals surface area contributed by atoms with Crippen LogP contribution in [-0.4, -0.2) is 37.5 Å². The molecule has 0 radical (unpaired) electrons. The van der Waals surface area contributed by atoms with Crippen molar-refractivity contribution in [3.8, 4) is 5.75 Å². The first kappa shape index (κ1) is 18.9. The van der Waals surface area contributed by atoms with Crippen molar-refractivity contribution in [2.24, 2.45) is 10.7 Å². The van der Waals surface area contributed by atoms with E-state index in [4.69, 9.17) is 10.5 Å². The fraction of sp³-hybridized carbons (Fsp3) is 0.381. The number of nitrogens with two attached hydrogens (primary N) is 1. The number of ether oxygens (including phenoxy) is 1. The van der Waals surface area contributed by atoms with Crippen molar-refractivity contribution in [3.05, 3.63) is 59.9 Å². The van der Waals surface area contributed by atoms with Crippen LogP contribution in [0.4, 0.5) is 10.1 Å². The molecule has 148 valence electrons. The lowest BCUT2D eigenvalue weighted by molar-refractivity contribution is 0.183. The van der Waals surface area contributed by atoms with Crippen LogP contribution < -0.4 is 20.9 Å². The highest BCUT2D eigenvalue weighted by Crippen LogP contribution is 2.27. The van der Waals surface area contributed by atoms with E-state index in [1.165, 1.54) is 49.8 Å². The summed E-state index contributed by atoms with van der Waals surface area (Å²) in [6.07, 6.45) is 5.40. The second-order valence-corrected chi connectivity index (χ2v) is 7.22. The Labute approximate surface area is 164 Å². The molecule has 2 aliphatic rings. The smallest absolute Gasteiger partial charge is 0.207 e. The van der Waals surface area contributed by atoms with E-state index in [-0.39, 0.29) is 5.82 Å². The normalized spacial score (nSPS) is 22.6. The van der Waals surface area contributed by atoms with Crippen LogP contribution in [0.3, 0.4) is 0 Å². The maximum Gasteiger partial charge on any atom is 0.207 e. The molecule has 0 bridgehead atoms. The minimum Gasteiger partial charge on any atom is -0.492 e. The van der Waals surface area contributed by atoms with Gasteiger partial charge in [0.15, 0.2) is 0 Å². The Balaban J connectivity index is 1.34. The minimum absolute atomic E-state index is 0.344. The number of rotatable bonds is 6. The van der Waals surface area contributed by atoms with Crippen LogP contribution in [-0.2, 0) is 5.79 Å². The van der Waals surface area contributed by atoms with Crippen molar-refractivity contribution in [1.82, 2.24) is 10.3 Å². The van der Waals surface area contributed by atoms with E-state index in [9.17, 15) is 4.39 Å². The molecule has 2 aromatic carbocycles. The zero-order valence-corrected chi connectivity index (χ0v) is 15.9. The first-order chi connectivity index (χ1) is 13.6. The van der Waals surface area contributed by atoms with Gasteiger partial charge in [-0.05, 0) is 50.2 Å². The molecule has 0 amide bonds. The van der Waals surface area contributed by atoms with E-state index in [1.54, 1.807) is 18.2 Å². The number of hydrogen-bond donors (Lipinski definition) is 2. The summed E-state index contributed by atoms with van der Waals surface area (Å²) in [5.74, 6) is -0.685. The number of hydrazine groups is 1. The largest absolute Gasteiger partial charge is 0.492 e. The van der Waals surface area contributed by atoms with Gasteiger partial charge in [-0.2, -0.15) is 5.43 Å². The van der Waals surface area contributed by atoms with Crippen molar-refractivity contribution in [1.29, 1.82) is 0 Å². The van der Waals surface area contributed by atoms with Gasteiger partial charge in [0.25, 0.3) is 0 Å². The van der Waals surface area contributed by atoms with Crippen molar-refractivity contribution >= 4 is 12.0 Å². The minimum atomic E-state index is -1.14. The summed E-state index contributed by atoms with van der Waals surface area (Å²) in [7, 11) is 0. The molecule has 1 fully saturated rings. The third-order valence-corrected chi connectivity index (χ3v) is 5.20. The summed E-state index contributed by atoms with van der Waals surface area (Å²) in [5, 5.41) is 1.50. The number of likely N-dealkylation sites (tertiary alicyclic amines) is 1. The van der Waals surface area contributed by atoms with Crippen molar-refractivity contribution in [2.75, 3.05) is 31.3 Å². The number of benzene rings is 2. The van der Waals surface area contributed by atoms with Crippen LogP contribution in [0, 0.1) is 5.82 Å². The first-order valence-corrected chi connectivity index (χ1v) is 9.76. The van der Waals surface area contributed by atoms with Gasteiger partial charge >= 0.3 is 0 Å². The second-order valence-electron chi connectivity index (χ2n) is 7.22. The highest BCUT2D eigenvalue weighted by atomic mass is 19.1. The summed E-state index contributed by atoms with van der Waals surface area (Å²) < 4.78 is 19.9. The number of halogens is 1. The second kappa shape index (κ2) is 8.26. The Morgan fingerprint density at radius 3 is 2.57 bits per heavy atom. The molecule has 0 saturated carbocycles. The molecule has 4 rings (SSSR count). The molecule has 1 unspecified atom stereocenters. The Morgan fingerprint density at radius 2 is 1.82 bits per heavy atom. The maximum atomic E-state index is 14.0. The molecule has 2 aromatic rings. The molecule has 0 aliphatic carbocycles. The van der Waals surface area contributed by atoms with Gasteiger partial charge in [0.05, 0.1) is 5.69 Å². The van der Waals surface area contributed by atoms with E-state index >= 15 is 0 Å². The fourth-order valence-corrected chi connectivity index (χ4v) is 3.58. The number of piperidine rings is 1. The van der Waals surface area contributed by atoms with Crippen molar-refractivity contribution in [3.63, 3.8) is 0 Å². The summed E-state index contributed by atoms with van der Waals surface area (Å²) in [4.78, 5) is 6.79. The number of nitrogens with one attached hydrogen (secondary N) is 1. The summed E-state index contributed by atoms with van der Waals surface area (Å²) in [5.41, 5.74) is 10.6. The number of aliphatic imine (C=N–C) groups is 1. The molecular formula is C21H26FN5O. The molecule has 0 spiro atoms. The van der Waals surface area contributed by atoms with Crippen molar-refractivity contribution < 1.29 is 9.13 Å². The number of anilines is 1. The molecule has 7 heteroatoms. The average molecular weight is 383 g/mol. The third-order valence-electron chi connectivity index (χ3n) is 5.20. The summed E-state index contributed by atoms with van der Waals surface area (Å²) in [6.45, 7) is 3.96. The Kier molecular flexibility index (Phi) is 5.57. The Bertz CT molecular complexity index is 822. The van der Waals surface area contributed by atoms with Gasteiger partial charge in [0, 0.05) is 12.1 Å². The number of nitrogens with zero attached hydrogens (tertiary/aromatic N) is 3. The van der Waals surface area contributed by atoms with Gasteiger partial charge in [-0.3, -0.25) is 15.6 Å². The molecule has 3 N–H and O–H groups in total. The van der Waals surface area contributed by atoms with Crippen LogP contribution in [0.2, 0.25) is 0 Å². The zero-order valence-electron chi connectivity index (χ0n) is 15.9. The van der Waals surface area contributed by atoms with E-state index in [2.05, 4.69) is 15.3 Å². The highest BCUT2D eigenvalue weighted by Gasteiger charge is 2.33. The molecule has 1 atom stereocenters. The van der Waals surface area contributed by atoms with Crippen LogP contribution in [0.5, 0.6) is 5.75 Å². The maximum absolute atomic E-state index is 14.0. The predicted molar refractivity (Wildman–Crippen MR) is 109 cm³/mol. The quantitative estimate of drug-likeness (QED) is 0.803. The lowest BCUT2D eigenvalue weighted by Crippen LogP contribution is -2.51. The van der Waals surface area contributed by atoms with E-state index < -0.39 is 5.79 Å². The molecule has 0 aromatic heterocycles. The topological polar surface area (TPSA) is 66.1 Å². The van der Waals surface area contributed by atoms with Gasteiger partial charge < -0.3 is 4.74 Å². The Morgan fingerprint density at radius 1 is 1.07 bits per heavy atom. The van der Waals surface area contributed by atoms with Crippen LogP contribution >= 0.6 is 0 Å².